The van der Waals surface area contributed by atoms with Crippen LogP contribution >= 0.6 is 11.6 Å². The molecule has 0 saturated carbocycles. The lowest BCUT2D eigenvalue weighted by Crippen LogP contribution is -2.47. The number of rotatable bonds is 4. The molecule has 0 unspecified atom stereocenters. The molecular formula is C12H19ClN4O. The van der Waals surface area contributed by atoms with Crippen LogP contribution < -0.4 is 4.90 Å². The van der Waals surface area contributed by atoms with Crippen molar-refractivity contribution < 1.29 is 5.11 Å². The molecule has 2 rings (SSSR count). The highest BCUT2D eigenvalue weighted by Gasteiger charge is 2.20. The Labute approximate surface area is 112 Å². The molecule has 1 N–H and O–H groups in total. The van der Waals surface area contributed by atoms with Crippen LogP contribution in [0, 0.1) is 0 Å². The number of anilines is 1. The summed E-state index contributed by atoms with van der Waals surface area (Å²) in [4.78, 5) is 12.8. The van der Waals surface area contributed by atoms with Gasteiger partial charge < -0.3 is 10.0 Å². The number of aliphatic hydroxyl groups is 1. The Balaban J connectivity index is 2.07. The highest BCUT2D eigenvalue weighted by atomic mass is 35.5. The predicted octanol–water partition coefficient (Wildman–Crippen LogP) is 1.15. The van der Waals surface area contributed by atoms with Crippen LogP contribution in [0.15, 0.2) is 6.33 Å². The number of halogens is 1. The molecule has 0 atom stereocenters. The molecule has 1 aromatic heterocycles. The van der Waals surface area contributed by atoms with Crippen molar-refractivity contribution in [3.05, 3.63) is 17.0 Å². The van der Waals surface area contributed by atoms with Crippen LogP contribution in [-0.2, 0) is 6.61 Å². The van der Waals surface area contributed by atoms with Gasteiger partial charge in [0.15, 0.2) is 0 Å². The van der Waals surface area contributed by atoms with E-state index in [-0.39, 0.29) is 6.61 Å². The molecule has 0 bridgehead atoms. The molecule has 0 aliphatic carbocycles. The lowest BCUT2D eigenvalue weighted by atomic mass is 10.2. The molecule has 6 heteroatoms. The smallest absolute Gasteiger partial charge is 0.140 e. The van der Waals surface area contributed by atoms with Gasteiger partial charge in [-0.2, -0.15) is 0 Å². The zero-order chi connectivity index (χ0) is 13.0. The molecule has 2 heterocycles. The van der Waals surface area contributed by atoms with Crippen LogP contribution in [0.1, 0.15) is 18.9 Å². The van der Waals surface area contributed by atoms with Gasteiger partial charge in [-0.15, -0.1) is 0 Å². The van der Waals surface area contributed by atoms with E-state index in [0.717, 1.165) is 38.5 Å². The second-order valence-corrected chi connectivity index (χ2v) is 4.81. The molecule has 0 aromatic carbocycles. The van der Waals surface area contributed by atoms with E-state index in [1.807, 2.05) is 0 Å². The summed E-state index contributed by atoms with van der Waals surface area (Å²) >= 11 is 5.98. The maximum Gasteiger partial charge on any atom is 0.140 e. The van der Waals surface area contributed by atoms with Crippen LogP contribution in [0.3, 0.4) is 0 Å². The van der Waals surface area contributed by atoms with Crippen molar-refractivity contribution in [1.29, 1.82) is 0 Å². The molecular weight excluding hydrogens is 252 g/mol. The molecule has 1 saturated heterocycles. The number of hydrogen-bond donors (Lipinski definition) is 1. The van der Waals surface area contributed by atoms with Crippen LogP contribution in [0.2, 0.25) is 5.15 Å². The van der Waals surface area contributed by atoms with Gasteiger partial charge in [-0.25, -0.2) is 9.97 Å². The van der Waals surface area contributed by atoms with E-state index in [2.05, 4.69) is 26.7 Å². The fourth-order valence-electron chi connectivity index (χ4n) is 2.29. The highest BCUT2D eigenvalue weighted by molar-refractivity contribution is 6.30. The third-order valence-electron chi connectivity index (χ3n) is 3.24. The van der Waals surface area contributed by atoms with E-state index in [9.17, 15) is 5.11 Å². The van der Waals surface area contributed by atoms with Crippen molar-refractivity contribution in [2.45, 2.75) is 20.0 Å². The minimum absolute atomic E-state index is 0.121. The Kier molecular flexibility index (Phi) is 4.74. The molecule has 1 aliphatic rings. The zero-order valence-corrected chi connectivity index (χ0v) is 11.4. The molecule has 1 aromatic rings. The van der Waals surface area contributed by atoms with E-state index in [0.29, 0.717) is 10.7 Å². The van der Waals surface area contributed by atoms with Crippen molar-refractivity contribution in [3.63, 3.8) is 0 Å². The quantitative estimate of drug-likeness (QED) is 0.832. The zero-order valence-electron chi connectivity index (χ0n) is 10.6. The number of nitrogens with zero attached hydrogens (tertiary/aromatic N) is 4. The Morgan fingerprint density at radius 2 is 2.00 bits per heavy atom. The largest absolute Gasteiger partial charge is 0.391 e. The Bertz CT molecular complexity index is 394. The van der Waals surface area contributed by atoms with Crippen LogP contribution in [0.5, 0.6) is 0 Å². The van der Waals surface area contributed by atoms with Crippen molar-refractivity contribution in [2.75, 3.05) is 37.6 Å². The van der Waals surface area contributed by atoms with E-state index in [1.54, 1.807) is 0 Å². The van der Waals surface area contributed by atoms with Crippen molar-refractivity contribution in [1.82, 2.24) is 14.9 Å². The summed E-state index contributed by atoms with van der Waals surface area (Å²) < 4.78 is 0. The molecule has 0 spiro atoms. The average Bonchev–Trinajstić information content (AvgIpc) is 2.40. The first-order chi connectivity index (χ1) is 8.76. The van der Waals surface area contributed by atoms with Gasteiger partial charge in [0.05, 0.1) is 12.2 Å². The Hall–Kier alpha value is -0.910. The Morgan fingerprint density at radius 1 is 1.28 bits per heavy atom. The molecule has 0 radical (unpaired) electrons. The van der Waals surface area contributed by atoms with Gasteiger partial charge in [0, 0.05) is 26.2 Å². The first kappa shape index (κ1) is 13.5. The van der Waals surface area contributed by atoms with E-state index in [4.69, 9.17) is 11.6 Å². The van der Waals surface area contributed by atoms with Crippen molar-refractivity contribution in [2.24, 2.45) is 0 Å². The van der Waals surface area contributed by atoms with Gasteiger partial charge in [0.25, 0.3) is 0 Å². The fourth-order valence-corrected chi connectivity index (χ4v) is 2.48. The summed E-state index contributed by atoms with van der Waals surface area (Å²) in [5, 5.41) is 9.71. The van der Waals surface area contributed by atoms with Crippen LogP contribution in [0.25, 0.3) is 0 Å². The topological polar surface area (TPSA) is 52.5 Å². The molecule has 0 amide bonds. The summed E-state index contributed by atoms with van der Waals surface area (Å²) in [5.41, 5.74) is 0.628. The second-order valence-electron chi connectivity index (χ2n) is 4.45. The molecule has 5 nitrogen and oxygen atoms in total. The maximum atomic E-state index is 9.36. The number of piperazine rings is 1. The van der Waals surface area contributed by atoms with Gasteiger partial charge in [-0.1, -0.05) is 18.5 Å². The fraction of sp³-hybridized carbons (Fsp3) is 0.667. The van der Waals surface area contributed by atoms with Crippen molar-refractivity contribution in [3.8, 4) is 0 Å². The molecule has 1 fully saturated rings. The van der Waals surface area contributed by atoms with Crippen molar-refractivity contribution >= 4 is 17.4 Å². The first-order valence-electron chi connectivity index (χ1n) is 6.33. The number of aliphatic hydroxyl groups excluding tert-OH is 1. The Morgan fingerprint density at radius 3 is 2.61 bits per heavy atom. The van der Waals surface area contributed by atoms with Crippen LogP contribution in [-0.4, -0.2) is 52.7 Å². The van der Waals surface area contributed by atoms with Gasteiger partial charge >= 0.3 is 0 Å². The third kappa shape index (κ3) is 2.91. The third-order valence-corrected chi connectivity index (χ3v) is 3.57. The van der Waals surface area contributed by atoms with Gasteiger partial charge in [0.2, 0.25) is 0 Å². The predicted molar refractivity (Wildman–Crippen MR) is 71.9 cm³/mol. The number of aromatic nitrogens is 2. The van der Waals surface area contributed by atoms with E-state index >= 15 is 0 Å². The van der Waals surface area contributed by atoms with Gasteiger partial charge in [0.1, 0.15) is 17.3 Å². The van der Waals surface area contributed by atoms with Gasteiger partial charge in [-0.3, -0.25) is 4.90 Å². The lowest BCUT2D eigenvalue weighted by Gasteiger charge is -2.35. The van der Waals surface area contributed by atoms with Gasteiger partial charge in [-0.05, 0) is 13.0 Å². The number of hydrogen-bond acceptors (Lipinski definition) is 5. The maximum absolute atomic E-state index is 9.36. The minimum atomic E-state index is -0.121. The van der Waals surface area contributed by atoms with Crippen LogP contribution in [0.4, 0.5) is 5.82 Å². The molecule has 1 aliphatic heterocycles. The van der Waals surface area contributed by atoms with E-state index < -0.39 is 0 Å². The first-order valence-corrected chi connectivity index (χ1v) is 6.71. The highest BCUT2D eigenvalue weighted by Crippen LogP contribution is 2.24. The minimum Gasteiger partial charge on any atom is -0.391 e. The second kappa shape index (κ2) is 6.31. The SMILES string of the molecule is CCCN1CCN(c2ncnc(Cl)c2CO)CC1. The summed E-state index contributed by atoms with van der Waals surface area (Å²) in [6, 6.07) is 0. The lowest BCUT2D eigenvalue weighted by molar-refractivity contribution is 0.255. The summed E-state index contributed by atoms with van der Waals surface area (Å²) in [6.45, 7) is 7.11. The molecule has 18 heavy (non-hydrogen) atoms. The standard InChI is InChI=1S/C12H19ClN4O/c1-2-3-16-4-6-17(7-5-16)12-10(8-18)11(13)14-9-15-12/h9,18H,2-8H2,1H3. The van der Waals surface area contributed by atoms with E-state index in [1.165, 1.54) is 12.7 Å². The summed E-state index contributed by atoms with van der Waals surface area (Å²) in [6.07, 6.45) is 2.64. The average molecular weight is 271 g/mol. The summed E-state index contributed by atoms with van der Waals surface area (Å²) in [7, 11) is 0. The normalized spacial score (nSPS) is 17.2. The molecule has 100 valence electrons. The summed E-state index contributed by atoms with van der Waals surface area (Å²) in [5.74, 6) is 0.772. The monoisotopic (exact) mass is 270 g/mol.